The minimum Gasteiger partial charge on any atom is -0.381 e. The lowest BCUT2D eigenvalue weighted by Gasteiger charge is -2.49. The van der Waals surface area contributed by atoms with Crippen molar-refractivity contribution >= 4 is 15.7 Å². The summed E-state index contributed by atoms with van der Waals surface area (Å²) in [6.45, 7) is 3.52. The monoisotopic (exact) mass is 291 g/mol. The molecule has 6 nitrogen and oxygen atoms in total. The predicted molar refractivity (Wildman–Crippen MR) is 69.6 cm³/mol. The molecule has 0 aromatic carbocycles. The average molecular weight is 291 g/mol. The highest BCUT2D eigenvalue weighted by molar-refractivity contribution is 7.93. The zero-order valence-electron chi connectivity index (χ0n) is 11.4. The number of hydrogen-bond acceptors (Lipinski definition) is 5. The fraction of sp³-hybridized carbons (Fsp3) is 0.917. The van der Waals surface area contributed by atoms with Crippen LogP contribution in [-0.4, -0.2) is 69.7 Å². The lowest BCUT2D eigenvalue weighted by Crippen LogP contribution is -2.69. The van der Waals surface area contributed by atoms with E-state index in [2.05, 4.69) is 0 Å². The van der Waals surface area contributed by atoms with E-state index >= 15 is 0 Å². The van der Waals surface area contributed by atoms with Crippen LogP contribution in [0.3, 0.4) is 0 Å². The molecule has 0 aromatic rings. The molecule has 110 valence electrons. The Bertz CT molecular complexity index is 441. The summed E-state index contributed by atoms with van der Waals surface area (Å²) in [4.78, 5) is 13.2. The third-order valence-corrected chi connectivity index (χ3v) is 6.76. The molecule has 0 N–H and O–H groups in total. The maximum atomic E-state index is 12.2. The number of methoxy groups -OCH3 is 1. The van der Waals surface area contributed by atoms with Crippen LogP contribution in [0.4, 0.5) is 0 Å². The number of hydrogen-bond donors (Lipinski definition) is 0. The van der Waals surface area contributed by atoms with Gasteiger partial charge in [-0.15, -0.1) is 0 Å². The minimum absolute atomic E-state index is 0.00375. The molecule has 2 heterocycles. The lowest BCUT2D eigenvalue weighted by atomic mass is 9.83. The fourth-order valence-electron chi connectivity index (χ4n) is 2.96. The molecule has 19 heavy (non-hydrogen) atoms. The van der Waals surface area contributed by atoms with Gasteiger partial charge < -0.3 is 14.4 Å². The van der Waals surface area contributed by atoms with E-state index in [1.807, 2.05) is 6.92 Å². The molecular weight excluding hydrogens is 270 g/mol. The first-order chi connectivity index (χ1) is 8.97. The number of carbonyl (C=O) groups excluding carboxylic acids is 1. The molecule has 0 radical (unpaired) electrons. The molecule has 1 atom stereocenters. The van der Waals surface area contributed by atoms with Crippen LogP contribution in [-0.2, 0) is 24.1 Å². The van der Waals surface area contributed by atoms with E-state index in [-0.39, 0.29) is 37.3 Å². The first-order valence-electron chi connectivity index (χ1n) is 6.53. The van der Waals surface area contributed by atoms with Gasteiger partial charge in [0.2, 0.25) is 5.91 Å². The van der Waals surface area contributed by atoms with Gasteiger partial charge in [-0.3, -0.25) is 4.79 Å². The molecule has 2 fully saturated rings. The van der Waals surface area contributed by atoms with Crippen LogP contribution in [0, 0.1) is 5.92 Å². The maximum absolute atomic E-state index is 12.2. The lowest BCUT2D eigenvalue weighted by molar-refractivity contribution is -0.141. The van der Waals surface area contributed by atoms with Crippen LogP contribution in [0.1, 0.15) is 13.3 Å². The van der Waals surface area contributed by atoms with E-state index in [9.17, 15) is 13.2 Å². The third-order valence-electron chi connectivity index (χ3n) is 4.16. The molecule has 0 saturated carbocycles. The van der Waals surface area contributed by atoms with E-state index in [1.165, 1.54) is 7.11 Å². The van der Waals surface area contributed by atoms with Gasteiger partial charge in [0.1, 0.15) is 11.4 Å². The summed E-state index contributed by atoms with van der Waals surface area (Å²) < 4.78 is 33.9. The van der Waals surface area contributed by atoms with Crippen LogP contribution in [0.2, 0.25) is 0 Å². The highest BCUT2D eigenvalue weighted by Gasteiger charge is 2.62. The molecule has 1 spiro atoms. The van der Waals surface area contributed by atoms with Crippen LogP contribution in [0.25, 0.3) is 0 Å². The van der Waals surface area contributed by atoms with Crippen molar-refractivity contribution in [3.8, 4) is 0 Å². The average Bonchev–Trinajstić information content (AvgIpc) is 2.56. The van der Waals surface area contributed by atoms with Crippen LogP contribution >= 0.6 is 0 Å². The molecule has 2 saturated heterocycles. The highest BCUT2D eigenvalue weighted by atomic mass is 32.2. The first-order valence-corrected chi connectivity index (χ1v) is 8.19. The number of carbonyl (C=O) groups is 1. The van der Waals surface area contributed by atoms with Gasteiger partial charge in [-0.2, -0.15) is 0 Å². The Hall–Kier alpha value is -0.660. The van der Waals surface area contributed by atoms with E-state index in [1.54, 1.807) is 4.90 Å². The topological polar surface area (TPSA) is 72.9 Å². The van der Waals surface area contributed by atoms with Gasteiger partial charge in [0, 0.05) is 32.7 Å². The van der Waals surface area contributed by atoms with Crippen molar-refractivity contribution in [2.45, 2.75) is 18.1 Å². The van der Waals surface area contributed by atoms with Crippen molar-refractivity contribution < 1.29 is 22.7 Å². The SMILES string of the molecule is CCOC[C@H]1CCS(=O)(=O)C12CN(C(=O)COC)C2. The number of rotatable bonds is 5. The summed E-state index contributed by atoms with van der Waals surface area (Å²) in [5.41, 5.74) is 0. The summed E-state index contributed by atoms with van der Waals surface area (Å²) in [6.07, 6.45) is 0.634. The Morgan fingerprint density at radius 2 is 2.11 bits per heavy atom. The number of sulfone groups is 1. The van der Waals surface area contributed by atoms with E-state index in [0.717, 1.165) is 0 Å². The van der Waals surface area contributed by atoms with E-state index in [4.69, 9.17) is 9.47 Å². The standard InChI is InChI=1S/C12H21NO5S/c1-3-18-6-10-4-5-19(15,16)12(10)8-13(9-12)11(14)7-17-2/h10H,3-9H2,1-2H3/t10-/m1/s1. The second-order valence-corrected chi connectivity index (χ2v) is 7.66. The second-order valence-electron chi connectivity index (χ2n) is 5.21. The molecule has 2 aliphatic rings. The maximum Gasteiger partial charge on any atom is 0.248 e. The Kier molecular flexibility index (Phi) is 4.17. The molecule has 2 rings (SSSR count). The summed E-state index contributed by atoms with van der Waals surface area (Å²) in [7, 11) is -1.67. The van der Waals surface area contributed by atoms with Crippen molar-refractivity contribution in [2.24, 2.45) is 5.92 Å². The molecule has 0 unspecified atom stereocenters. The van der Waals surface area contributed by atoms with Crippen LogP contribution < -0.4 is 0 Å². The summed E-state index contributed by atoms with van der Waals surface area (Å²) >= 11 is 0. The number of nitrogens with zero attached hydrogens (tertiary/aromatic N) is 1. The van der Waals surface area contributed by atoms with Gasteiger partial charge in [-0.1, -0.05) is 0 Å². The van der Waals surface area contributed by atoms with Gasteiger partial charge in [0.15, 0.2) is 9.84 Å². The molecular formula is C12H21NO5S. The first kappa shape index (κ1) is 14.7. The summed E-state index contributed by atoms with van der Waals surface area (Å²) in [6, 6.07) is 0. The normalized spacial score (nSPS) is 27.5. The van der Waals surface area contributed by atoms with Gasteiger partial charge in [0.05, 0.1) is 12.4 Å². The van der Waals surface area contributed by atoms with Gasteiger partial charge >= 0.3 is 0 Å². The number of likely N-dealkylation sites (tertiary alicyclic amines) is 1. The second kappa shape index (κ2) is 5.38. The smallest absolute Gasteiger partial charge is 0.248 e. The van der Waals surface area contributed by atoms with Gasteiger partial charge in [-0.05, 0) is 13.3 Å². The fourth-order valence-corrected chi connectivity index (χ4v) is 5.36. The molecule has 1 amide bonds. The minimum atomic E-state index is -3.13. The van der Waals surface area contributed by atoms with Crippen molar-refractivity contribution in [2.75, 3.05) is 45.8 Å². The quantitative estimate of drug-likeness (QED) is 0.694. The summed E-state index contributed by atoms with van der Waals surface area (Å²) in [5, 5.41) is 0. The van der Waals surface area contributed by atoms with Crippen LogP contribution in [0.5, 0.6) is 0 Å². The number of amides is 1. The van der Waals surface area contributed by atoms with Crippen molar-refractivity contribution in [1.29, 1.82) is 0 Å². The molecule has 7 heteroatoms. The van der Waals surface area contributed by atoms with Gasteiger partial charge in [0.25, 0.3) is 0 Å². The van der Waals surface area contributed by atoms with Crippen LogP contribution in [0.15, 0.2) is 0 Å². The third kappa shape index (κ3) is 2.39. The molecule has 0 aromatic heterocycles. The van der Waals surface area contributed by atoms with Crippen molar-refractivity contribution in [3.63, 3.8) is 0 Å². The van der Waals surface area contributed by atoms with Crippen molar-refractivity contribution in [3.05, 3.63) is 0 Å². The van der Waals surface area contributed by atoms with Crippen molar-refractivity contribution in [1.82, 2.24) is 4.90 Å². The van der Waals surface area contributed by atoms with E-state index in [0.29, 0.717) is 19.6 Å². The zero-order chi connectivity index (χ0) is 14.1. The Morgan fingerprint density at radius 3 is 2.68 bits per heavy atom. The number of ether oxygens (including phenoxy) is 2. The Balaban J connectivity index is 2.06. The summed E-state index contributed by atoms with van der Waals surface area (Å²) in [5.74, 6) is 0.0614. The Morgan fingerprint density at radius 1 is 1.42 bits per heavy atom. The zero-order valence-corrected chi connectivity index (χ0v) is 12.2. The molecule has 0 bridgehead atoms. The largest absolute Gasteiger partial charge is 0.381 e. The Labute approximate surface area is 114 Å². The highest BCUT2D eigenvalue weighted by Crippen LogP contribution is 2.44. The van der Waals surface area contributed by atoms with Gasteiger partial charge in [-0.25, -0.2) is 8.42 Å². The molecule has 0 aliphatic carbocycles. The molecule has 2 aliphatic heterocycles. The van der Waals surface area contributed by atoms with E-state index < -0.39 is 14.6 Å². The predicted octanol–water partition coefficient (Wildman–Crippen LogP) is -0.315.